The zero-order chi connectivity index (χ0) is 18.5. The molecule has 10 heteroatoms. The van der Waals surface area contributed by atoms with Gasteiger partial charge in [-0.15, -0.1) is 10.2 Å². The summed E-state index contributed by atoms with van der Waals surface area (Å²) < 4.78 is 5.46. The summed E-state index contributed by atoms with van der Waals surface area (Å²) in [6.07, 6.45) is 0. The Morgan fingerprint density at radius 3 is 2.69 bits per heavy atom. The van der Waals surface area contributed by atoms with Crippen molar-refractivity contribution in [2.45, 2.75) is 5.22 Å². The Balaban J connectivity index is 1.58. The van der Waals surface area contributed by atoms with Crippen molar-refractivity contribution in [1.29, 1.82) is 0 Å². The summed E-state index contributed by atoms with van der Waals surface area (Å²) in [5, 5.41) is 21.8. The van der Waals surface area contributed by atoms with E-state index in [-0.39, 0.29) is 28.5 Å². The maximum atomic E-state index is 11.9. The van der Waals surface area contributed by atoms with Gasteiger partial charge in [0.1, 0.15) is 0 Å². The molecule has 3 rings (SSSR count). The number of hydrogen-bond donors (Lipinski definition) is 1. The van der Waals surface area contributed by atoms with Crippen LogP contribution in [0.5, 0.6) is 0 Å². The number of thioether (sulfide) groups is 1. The summed E-state index contributed by atoms with van der Waals surface area (Å²) in [5.74, 6) is 0.0546. The lowest BCUT2D eigenvalue weighted by atomic mass is 10.2. The number of nitrogens with one attached hydrogen (secondary N) is 1. The standard InChI is InChI=1S/C16H11ClN4O4S/c17-11-2-1-3-12(8-11)18-14(22)9-26-16-20-19-15(25-16)10-4-6-13(7-5-10)21(23)24/h1-8H,9H2,(H,18,22). The van der Waals surface area contributed by atoms with Gasteiger partial charge >= 0.3 is 0 Å². The number of nitro benzene ring substituents is 1. The highest BCUT2D eigenvalue weighted by molar-refractivity contribution is 7.99. The first-order valence-corrected chi connectivity index (χ1v) is 8.64. The van der Waals surface area contributed by atoms with E-state index < -0.39 is 4.92 Å². The zero-order valence-electron chi connectivity index (χ0n) is 13.1. The minimum atomic E-state index is -0.489. The summed E-state index contributed by atoms with van der Waals surface area (Å²) >= 11 is 6.94. The van der Waals surface area contributed by atoms with Crippen molar-refractivity contribution in [2.75, 3.05) is 11.1 Å². The SMILES string of the molecule is O=C(CSc1nnc(-c2ccc([N+](=O)[O-])cc2)o1)Nc1cccc(Cl)c1. The van der Waals surface area contributed by atoms with Crippen LogP contribution in [0.4, 0.5) is 11.4 Å². The van der Waals surface area contributed by atoms with Crippen LogP contribution in [0.15, 0.2) is 58.2 Å². The van der Waals surface area contributed by atoms with E-state index in [0.29, 0.717) is 16.3 Å². The number of carbonyl (C=O) groups is 1. The average Bonchev–Trinajstić information content (AvgIpc) is 3.09. The highest BCUT2D eigenvalue weighted by atomic mass is 35.5. The second kappa shape index (κ2) is 7.98. The molecule has 132 valence electrons. The van der Waals surface area contributed by atoms with E-state index in [1.165, 1.54) is 24.3 Å². The van der Waals surface area contributed by atoms with Crippen molar-refractivity contribution in [3.05, 3.63) is 63.7 Å². The maximum absolute atomic E-state index is 11.9. The number of nitrogens with zero attached hydrogens (tertiary/aromatic N) is 3. The highest BCUT2D eigenvalue weighted by Crippen LogP contribution is 2.25. The predicted octanol–water partition coefficient (Wildman–Crippen LogP) is 4.03. The fourth-order valence-corrected chi connectivity index (χ4v) is 2.75. The lowest BCUT2D eigenvalue weighted by Gasteiger charge is -2.03. The van der Waals surface area contributed by atoms with Crippen molar-refractivity contribution in [3.63, 3.8) is 0 Å². The number of amides is 1. The number of nitro groups is 1. The first-order chi connectivity index (χ1) is 12.5. The quantitative estimate of drug-likeness (QED) is 0.384. The first kappa shape index (κ1) is 17.9. The van der Waals surface area contributed by atoms with Gasteiger partial charge in [-0.3, -0.25) is 14.9 Å². The molecule has 1 N–H and O–H groups in total. The third-order valence-electron chi connectivity index (χ3n) is 3.17. The number of aromatic nitrogens is 2. The maximum Gasteiger partial charge on any atom is 0.277 e. The third kappa shape index (κ3) is 4.58. The second-order valence-electron chi connectivity index (χ2n) is 5.02. The topological polar surface area (TPSA) is 111 Å². The van der Waals surface area contributed by atoms with Crippen LogP contribution in [-0.4, -0.2) is 26.8 Å². The summed E-state index contributed by atoms with van der Waals surface area (Å²) in [4.78, 5) is 22.1. The number of benzene rings is 2. The Labute approximate surface area is 156 Å². The molecule has 0 aliphatic rings. The normalized spacial score (nSPS) is 10.5. The van der Waals surface area contributed by atoms with Crippen LogP contribution in [0.25, 0.3) is 11.5 Å². The van der Waals surface area contributed by atoms with Crippen LogP contribution >= 0.6 is 23.4 Å². The van der Waals surface area contributed by atoms with Crippen molar-refractivity contribution >= 4 is 40.6 Å². The molecule has 8 nitrogen and oxygen atoms in total. The van der Waals surface area contributed by atoms with Crippen LogP contribution in [0.2, 0.25) is 5.02 Å². The van der Waals surface area contributed by atoms with Crippen molar-refractivity contribution in [3.8, 4) is 11.5 Å². The molecular formula is C16H11ClN4O4S. The number of hydrogen-bond acceptors (Lipinski definition) is 7. The van der Waals surface area contributed by atoms with Crippen molar-refractivity contribution in [2.24, 2.45) is 0 Å². The van der Waals surface area contributed by atoms with Crippen LogP contribution in [0.1, 0.15) is 0 Å². The van der Waals surface area contributed by atoms with Crippen LogP contribution < -0.4 is 5.32 Å². The Kier molecular flexibility index (Phi) is 5.49. The van der Waals surface area contributed by atoms with E-state index in [1.807, 2.05) is 0 Å². The van der Waals surface area contributed by atoms with E-state index in [2.05, 4.69) is 15.5 Å². The van der Waals surface area contributed by atoms with Crippen LogP contribution in [-0.2, 0) is 4.79 Å². The average molecular weight is 391 g/mol. The van der Waals surface area contributed by atoms with Crippen molar-refractivity contribution in [1.82, 2.24) is 10.2 Å². The van der Waals surface area contributed by atoms with E-state index in [4.69, 9.17) is 16.0 Å². The summed E-state index contributed by atoms with van der Waals surface area (Å²) in [5.41, 5.74) is 1.12. The molecule has 0 saturated heterocycles. The van der Waals surface area contributed by atoms with E-state index in [0.717, 1.165) is 11.8 Å². The Morgan fingerprint density at radius 1 is 1.23 bits per heavy atom. The zero-order valence-corrected chi connectivity index (χ0v) is 14.7. The molecule has 26 heavy (non-hydrogen) atoms. The molecule has 0 saturated carbocycles. The van der Waals surface area contributed by atoms with Gasteiger partial charge in [-0.2, -0.15) is 0 Å². The number of anilines is 1. The van der Waals surface area contributed by atoms with Gasteiger partial charge in [-0.1, -0.05) is 29.4 Å². The van der Waals surface area contributed by atoms with Gasteiger partial charge in [0.2, 0.25) is 11.8 Å². The van der Waals surface area contributed by atoms with E-state index >= 15 is 0 Å². The molecule has 0 aliphatic carbocycles. The van der Waals surface area contributed by atoms with E-state index in [9.17, 15) is 14.9 Å². The first-order valence-electron chi connectivity index (χ1n) is 7.28. The summed E-state index contributed by atoms with van der Waals surface area (Å²) in [7, 11) is 0. The second-order valence-corrected chi connectivity index (χ2v) is 6.39. The fraction of sp³-hybridized carbons (Fsp3) is 0.0625. The predicted molar refractivity (Wildman–Crippen MR) is 97.2 cm³/mol. The Bertz CT molecular complexity index is 945. The number of halogens is 1. The molecule has 1 aromatic heterocycles. The highest BCUT2D eigenvalue weighted by Gasteiger charge is 2.13. The molecule has 1 amide bonds. The molecule has 0 radical (unpaired) electrons. The van der Waals surface area contributed by atoms with E-state index in [1.54, 1.807) is 24.3 Å². The minimum absolute atomic E-state index is 0.0273. The molecule has 3 aromatic rings. The lowest BCUT2D eigenvalue weighted by molar-refractivity contribution is -0.384. The van der Waals surface area contributed by atoms with Gasteiger partial charge in [0.15, 0.2) is 0 Å². The number of carbonyl (C=O) groups excluding carboxylic acids is 1. The van der Waals surface area contributed by atoms with Crippen LogP contribution in [0, 0.1) is 10.1 Å². The fourth-order valence-electron chi connectivity index (χ4n) is 2.00. The third-order valence-corrected chi connectivity index (χ3v) is 4.22. The molecule has 0 aliphatic heterocycles. The lowest BCUT2D eigenvalue weighted by Crippen LogP contribution is -2.13. The monoisotopic (exact) mass is 390 g/mol. The van der Waals surface area contributed by atoms with Gasteiger partial charge in [0, 0.05) is 28.4 Å². The van der Waals surface area contributed by atoms with Gasteiger partial charge < -0.3 is 9.73 Å². The summed E-state index contributed by atoms with van der Waals surface area (Å²) in [6.45, 7) is 0. The molecule has 0 bridgehead atoms. The number of non-ortho nitro benzene ring substituents is 1. The smallest absolute Gasteiger partial charge is 0.277 e. The minimum Gasteiger partial charge on any atom is -0.411 e. The largest absolute Gasteiger partial charge is 0.411 e. The molecule has 0 atom stereocenters. The Hall–Kier alpha value is -2.91. The van der Waals surface area contributed by atoms with Crippen molar-refractivity contribution < 1.29 is 14.1 Å². The molecular weight excluding hydrogens is 380 g/mol. The van der Waals surface area contributed by atoms with Gasteiger partial charge in [0.25, 0.3) is 10.9 Å². The molecule has 0 unspecified atom stereocenters. The van der Waals surface area contributed by atoms with Gasteiger partial charge in [-0.05, 0) is 30.3 Å². The van der Waals surface area contributed by atoms with Gasteiger partial charge in [0.05, 0.1) is 10.7 Å². The van der Waals surface area contributed by atoms with Crippen LogP contribution in [0.3, 0.4) is 0 Å². The molecule has 2 aromatic carbocycles. The Morgan fingerprint density at radius 2 is 2.00 bits per heavy atom. The summed E-state index contributed by atoms with van der Waals surface area (Å²) in [6, 6.07) is 12.6. The van der Waals surface area contributed by atoms with Gasteiger partial charge in [-0.25, -0.2) is 0 Å². The molecule has 1 heterocycles. The number of rotatable bonds is 6. The molecule has 0 fully saturated rings. The molecule has 0 spiro atoms.